The maximum atomic E-state index is 13.4. The number of hydrogen-bond acceptors (Lipinski definition) is 4. The van der Waals surface area contributed by atoms with Crippen molar-refractivity contribution >= 4 is 20.9 Å². The van der Waals surface area contributed by atoms with Gasteiger partial charge in [-0.15, -0.1) is 0 Å². The van der Waals surface area contributed by atoms with E-state index in [-0.39, 0.29) is 15.8 Å². The topological polar surface area (TPSA) is 73.5 Å². The average Bonchev–Trinajstić information content (AvgIpc) is 3.21. The number of piperazine rings is 1. The van der Waals surface area contributed by atoms with Gasteiger partial charge in [0.15, 0.2) is 0 Å². The summed E-state index contributed by atoms with van der Waals surface area (Å²) >= 11 is 0. The number of rotatable bonds is 3. The third-order valence-electron chi connectivity index (χ3n) is 5.87. The van der Waals surface area contributed by atoms with E-state index in [1.807, 2.05) is 0 Å². The zero-order valence-corrected chi connectivity index (χ0v) is 16.5. The van der Waals surface area contributed by atoms with E-state index >= 15 is 0 Å². The van der Waals surface area contributed by atoms with Crippen molar-refractivity contribution in [1.82, 2.24) is 14.2 Å². The van der Waals surface area contributed by atoms with Gasteiger partial charge in [0.2, 0.25) is 15.6 Å². The van der Waals surface area contributed by atoms with Crippen LogP contribution in [0.3, 0.4) is 0 Å². The number of aromatic amines is 1. The monoisotopic (exact) mass is 429 g/mol. The number of alkyl halides is 3. The van der Waals surface area contributed by atoms with Crippen molar-refractivity contribution < 1.29 is 21.6 Å². The Kier molecular flexibility index (Phi) is 5.20. The highest BCUT2D eigenvalue weighted by Crippen LogP contribution is 2.34. The quantitative estimate of drug-likeness (QED) is 0.815. The minimum absolute atomic E-state index is 0.0465. The van der Waals surface area contributed by atoms with E-state index < -0.39 is 27.3 Å². The fourth-order valence-corrected chi connectivity index (χ4v) is 5.80. The van der Waals surface area contributed by atoms with Crippen molar-refractivity contribution in [3.63, 3.8) is 0 Å². The summed E-state index contributed by atoms with van der Waals surface area (Å²) < 4.78 is 67.5. The van der Waals surface area contributed by atoms with Crippen LogP contribution in [0.4, 0.5) is 13.2 Å². The fourth-order valence-electron chi connectivity index (χ4n) is 4.36. The summed E-state index contributed by atoms with van der Waals surface area (Å²) in [4.78, 5) is 16.0. The van der Waals surface area contributed by atoms with Crippen LogP contribution in [0.5, 0.6) is 0 Å². The van der Waals surface area contributed by atoms with E-state index in [0.29, 0.717) is 38.3 Å². The molecule has 1 aliphatic heterocycles. The molecule has 0 bridgehead atoms. The maximum Gasteiger partial charge on any atom is 0.417 e. The molecule has 0 amide bonds. The van der Waals surface area contributed by atoms with Crippen LogP contribution in [-0.2, 0) is 16.2 Å². The molecule has 4 rings (SSSR count). The Hall–Kier alpha value is -1.91. The Morgan fingerprint density at radius 3 is 2.28 bits per heavy atom. The van der Waals surface area contributed by atoms with Gasteiger partial charge in [0.25, 0.3) is 0 Å². The number of hydrogen-bond donors (Lipinski definition) is 1. The molecule has 1 aromatic carbocycles. The maximum absolute atomic E-state index is 13.4. The third kappa shape index (κ3) is 3.93. The molecular weight excluding hydrogens is 407 g/mol. The lowest BCUT2D eigenvalue weighted by Gasteiger charge is -2.37. The normalized spacial score (nSPS) is 20.5. The van der Waals surface area contributed by atoms with Gasteiger partial charge in [0.1, 0.15) is 0 Å². The van der Waals surface area contributed by atoms with Crippen molar-refractivity contribution in [3.05, 3.63) is 40.2 Å². The SMILES string of the molecule is O=c1cc(C(F)(F)F)c2cc(S(=O)(=O)N3CCN(C4CCCC4)CC3)ccc2[nH]1. The predicted octanol–water partition coefficient (Wildman–Crippen LogP) is 2.80. The summed E-state index contributed by atoms with van der Waals surface area (Å²) in [6.07, 6.45) is -0.0959. The molecule has 6 nitrogen and oxygen atoms in total. The smallest absolute Gasteiger partial charge is 0.322 e. The van der Waals surface area contributed by atoms with Crippen LogP contribution in [0.2, 0.25) is 0 Å². The molecule has 1 saturated heterocycles. The van der Waals surface area contributed by atoms with E-state index in [4.69, 9.17) is 0 Å². The summed E-state index contributed by atoms with van der Waals surface area (Å²) in [5.41, 5.74) is -2.07. The molecule has 0 atom stereocenters. The first kappa shape index (κ1) is 20.4. The number of benzene rings is 1. The number of fused-ring (bicyclic) bond motifs is 1. The molecule has 0 unspecified atom stereocenters. The summed E-state index contributed by atoms with van der Waals surface area (Å²) in [6.45, 7) is 1.88. The molecule has 29 heavy (non-hydrogen) atoms. The van der Waals surface area contributed by atoms with E-state index in [2.05, 4.69) is 9.88 Å². The van der Waals surface area contributed by atoms with Gasteiger partial charge in [-0.1, -0.05) is 12.8 Å². The molecule has 1 aliphatic carbocycles. The van der Waals surface area contributed by atoms with Crippen LogP contribution < -0.4 is 5.56 Å². The molecular formula is C19H22F3N3O3S. The van der Waals surface area contributed by atoms with Crippen molar-refractivity contribution in [2.24, 2.45) is 0 Å². The third-order valence-corrected chi connectivity index (χ3v) is 7.77. The largest absolute Gasteiger partial charge is 0.417 e. The lowest BCUT2D eigenvalue weighted by atomic mass is 10.1. The molecule has 2 aliphatic rings. The highest BCUT2D eigenvalue weighted by molar-refractivity contribution is 7.89. The minimum atomic E-state index is -4.76. The number of H-pyrrole nitrogens is 1. The molecule has 0 spiro atoms. The fraction of sp³-hybridized carbons (Fsp3) is 0.526. The van der Waals surface area contributed by atoms with Crippen molar-refractivity contribution in [2.75, 3.05) is 26.2 Å². The van der Waals surface area contributed by atoms with Gasteiger partial charge in [-0.3, -0.25) is 9.69 Å². The molecule has 0 radical (unpaired) electrons. The summed E-state index contributed by atoms with van der Waals surface area (Å²) in [5.74, 6) is 0. The van der Waals surface area contributed by atoms with Gasteiger partial charge in [-0.05, 0) is 31.0 Å². The first-order chi connectivity index (χ1) is 13.7. The number of pyridine rings is 1. The van der Waals surface area contributed by atoms with Crippen LogP contribution >= 0.6 is 0 Å². The number of halogens is 3. The van der Waals surface area contributed by atoms with Gasteiger partial charge < -0.3 is 4.98 Å². The molecule has 2 heterocycles. The Morgan fingerprint density at radius 1 is 1.00 bits per heavy atom. The number of nitrogens with zero attached hydrogens (tertiary/aromatic N) is 2. The Morgan fingerprint density at radius 2 is 1.66 bits per heavy atom. The Labute approximate surface area is 166 Å². The highest BCUT2D eigenvalue weighted by Gasteiger charge is 2.35. The zero-order chi connectivity index (χ0) is 20.8. The van der Waals surface area contributed by atoms with Gasteiger partial charge in [-0.25, -0.2) is 8.42 Å². The lowest BCUT2D eigenvalue weighted by Crippen LogP contribution is -2.51. The number of nitrogens with one attached hydrogen (secondary N) is 1. The molecule has 158 valence electrons. The molecule has 2 fully saturated rings. The van der Waals surface area contributed by atoms with E-state index in [1.165, 1.54) is 29.3 Å². The summed E-state index contributed by atoms with van der Waals surface area (Å²) in [6, 6.07) is 4.43. The second-order valence-corrected chi connectivity index (χ2v) is 9.57. The van der Waals surface area contributed by atoms with Crippen LogP contribution in [0.15, 0.2) is 34.0 Å². The zero-order valence-electron chi connectivity index (χ0n) is 15.7. The number of aromatic nitrogens is 1. The second-order valence-electron chi connectivity index (χ2n) is 7.63. The minimum Gasteiger partial charge on any atom is -0.322 e. The molecule has 1 saturated carbocycles. The van der Waals surface area contributed by atoms with Crippen LogP contribution in [0.25, 0.3) is 10.9 Å². The molecule has 2 aromatic rings. The predicted molar refractivity (Wildman–Crippen MR) is 102 cm³/mol. The van der Waals surface area contributed by atoms with E-state index in [1.54, 1.807) is 0 Å². The Bertz CT molecular complexity index is 1070. The van der Waals surface area contributed by atoms with Gasteiger partial charge in [0.05, 0.1) is 10.5 Å². The first-order valence-electron chi connectivity index (χ1n) is 9.65. The van der Waals surface area contributed by atoms with Gasteiger partial charge in [-0.2, -0.15) is 17.5 Å². The van der Waals surface area contributed by atoms with Crippen molar-refractivity contribution in [3.8, 4) is 0 Å². The van der Waals surface area contributed by atoms with Crippen LogP contribution in [-0.4, -0.2) is 54.8 Å². The van der Waals surface area contributed by atoms with Gasteiger partial charge in [0, 0.05) is 49.2 Å². The molecule has 1 N–H and O–H groups in total. The van der Waals surface area contributed by atoms with E-state index in [9.17, 15) is 26.4 Å². The average molecular weight is 429 g/mol. The first-order valence-corrected chi connectivity index (χ1v) is 11.1. The van der Waals surface area contributed by atoms with Crippen LogP contribution in [0.1, 0.15) is 31.2 Å². The van der Waals surface area contributed by atoms with Crippen LogP contribution in [0, 0.1) is 0 Å². The number of sulfonamides is 1. The molecule has 1 aromatic heterocycles. The van der Waals surface area contributed by atoms with Crippen molar-refractivity contribution in [1.29, 1.82) is 0 Å². The highest BCUT2D eigenvalue weighted by atomic mass is 32.2. The van der Waals surface area contributed by atoms with E-state index in [0.717, 1.165) is 18.9 Å². The molecule has 10 heteroatoms. The Balaban J connectivity index is 1.63. The summed E-state index contributed by atoms with van der Waals surface area (Å²) in [7, 11) is -3.93. The second kappa shape index (κ2) is 7.41. The lowest BCUT2D eigenvalue weighted by molar-refractivity contribution is -0.136. The summed E-state index contributed by atoms with van der Waals surface area (Å²) in [5, 5.41) is -0.331. The van der Waals surface area contributed by atoms with Crippen molar-refractivity contribution in [2.45, 2.75) is 42.8 Å². The van der Waals surface area contributed by atoms with Gasteiger partial charge >= 0.3 is 6.18 Å². The standard InChI is InChI=1S/C19H22F3N3O3S/c20-19(21,22)16-12-18(26)23-17-6-5-14(11-15(16)17)29(27,28)25-9-7-24(8-10-25)13-3-1-2-4-13/h5-6,11-13H,1-4,7-10H2,(H,23,26).